The fourth-order valence-electron chi connectivity index (χ4n) is 1.75. The summed E-state index contributed by atoms with van der Waals surface area (Å²) in [5.41, 5.74) is 0.0251. The van der Waals surface area contributed by atoms with E-state index in [2.05, 4.69) is 10.6 Å². The van der Waals surface area contributed by atoms with E-state index in [9.17, 15) is 19.2 Å². The summed E-state index contributed by atoms with van der Waals surface area (Å²) in [6.07, 6.45) is 0. The number of benzene rings is 1. The van der Waals surface area contributed by atoms with Crippen molar-refractivity contribution in [2.45, 2.75) is 0 Å². The summed E-state index contributed by atoms with van der Waals surface area (Å²) in [6.45, 7) is -0.514. The summed E-state index contributed by atoms with van der Waals surface area (Å²) in [5.74, 6) is -2.35. The van der Waals surface area contributed by atoms with Gasteiger partial charge in [0.25, 0.3) is 0 Å². The number of carbonyl (C=O) groups excluding carboxylic acids is 3. The number of carboxylic acids is 1. The molecule has 20 heavy (non-hydrogen) atoms. The van der Waals surface area contributed by atoms with Crippen LogP contribution >= 0.6 is 0 Å². The minimum Gasteiger partial charge on any atom is -0.478 e. The molecule has 104 valence electrons. The molecule has 0 aliphatic carbocycles. The topological polar surface area (TPSA) is 116 Å². The molecule has 0 spiro atoms. The van der Waals surface area contributed by atoms with E-state index in [0.717, 1.165) is 4.90 Å². The van der Waals surface area contributed by atoms with Crippen LogP contribution in [-0.2, 0) is 9.59 Å². The number of nitrogens with one attached hydrogen (secondary N) is 2. The molecule has 1 saturated heterocycles. The van der Waals surface area contributed by atoms with Crippen LogP contribution in [0.5, 0.6) is 0 Å². The van der Waals surface area contributed by atoms with Crippen molar-refractivity contribution in [2.75, 3.05) is 18.4 Å². The number of hydrogen-bond acceptors (Lipinski definition) is 4. The zero-order chi connectivity index (χ0) is 14.7. The van der Waals surface area contributed by atoms with Gasteiger partial charge in [-0.05, 0) is 12.1 Å². The van der Waals surface area contributed by atoms with Crippen molar-refractivity contribution in [3.63, 3.8) is 0 Å². The first kappa shape index (κ1) is 13.5. The van der Waals surface area contributed by atoms with Crippen LogP contribution in [0.25, 0.3) is 0 Å². The molecule has 0 bridgehead atoms. The van der Waals surface area contributed by atoms with E-state index in [1.54, 1.807) is 6.07 Å². The van der Waals surface area contributed by atoms with Crippen molar-refractivity contribution in [1.82, 2.24) is 10.2 Å². The zero-order valence-corrected chi connectivity index (χ0v) is 10.3. The monoisotopic (exact) mass is 277 g/mol. The molecule has 4 amide bonds. The predicted octanol–water partition coefficient (Wildman–Crippen LogP) is -0.125. The molecule has 0 aromatic heterocycles. The SMILES string of the molecule is O=C1CN(C(=O)Nc2ccccc2C(=O)O)CC(=O)N1. The van der Waals surface area contributed by atoms with Gasteiger partial charge in [-0.1, -0.05) is 12.1 Å². The number of rotatable bonds is 2. The van der Waals surface area contributed by atoms with Gasteiger partial charge in [-0.2, -0.15) is 0 Å². The lowest BCUT2D eigenvalue weighted by Crippen LogP contribution is -2.54. The molecule has 1 aromatic rings. The Hall–Kier alpha value is -2.90. The second kappa shape index (κ2) is 5.39. The molecule has 1 aliphatic heterocycles. The molecule has 1 fully saturated rings. The zero-order valence-electron chi connectivity index (χ0n) is 10.3. The Labute approximate surface area is 113 Å². The first-order valence-electron chi connectivity index (χ1n) is 5.68. The van der Waals surface area contributed by atoms with Gasteiger partial charge >= 0.3 is 12.0 Å². The van der Waals surface area contributed by atoms with Crippen LogP contribution < -0.4 is 10.6 Å². The van der Waals surface area contributed by atoms with Crippen molar-refractivity contribution in [1.29, 1.82) is 0 Å². The van der Waals surface area contributed by atoms with Crippen LogP contribution in [0.3, 0.4) is 0 Å². The largest absolute Gasteiger partial charge is 0.478 e. The maximum absolute atomic E-state index is 11.9. The molecule has 1 heterocycles. The quantitative estimate of drug-likeness (QED) is 0.651. The van der Waals surface area contributed by atoms with Gasteiger partial charge in [0.1, 0.15) is 13.1 Å². The fourth-order valence-corrected chi connectivity index (χ4v) is 1.75. The first-order valence-corrected chi connectivity index (χ1v) is 5.68. The van der Waals surface area contributed by atoms with E-state index in [4.69, 9.17) is 5.11 Å². The van der Waals surface area contributed by atoms with Crippen molar-refractivity contribution >= 4 is 29.5 Å². The van der Waals surface area contributed by atoms with E-state index in [-0.39, 0.29) is 24.3 Å². The van der Waals surface area contributed by atoms with Crippen molar-refractivity contribution in [2.24, 2.45) is 0 Å². The molecule has 1 aliphatic rings. The molecule has 3 N–H and O–H groups in total. The van der Waals surface area contributed by atoms with Gasteiger partial charge in [0.15, 0.2) is 0 Å². The predicted molar refractivity (Wildman–Crippen MR) is 67.1 cm³/mol. The van der Waals surface area contributed by atoms with Crippen molar-refractivity contribution in [3.8, 4) is 0 Å². The summed E-state index contributed by atoms with van der Waals surface area (Å²) in [4.78, 5) is 46.3. The van der Waals surface area contributed by atoms with Crippen LogP contribution in [0.2, 0.25) is 0 Å². The van der Waals surface area contributed by atoms with Gasteiger partial charge in [0, 0.05) is 0 Å². The number of urea groups is 1. The lowest BCUT2D eigenvalue weighted by Gasteiger charge is -2.25. The number of aromatic carboxylic acids is 1. The van der Waals surface area contributed by atoms with E-state index in [0.29, 0.717) is 0 Å². The normalized spacial score (nSPS) is 14.7. The number of imide groups is 1. The van der Waals surface area contributed by atoms with Gasteiger partial charge in [-0.15, -0.1) is 0 Å². The minimum absolute atomic E-state index is 0.0753. The maximum Gasteiger partial charge on any atom is 0.337 e. The Bertz CT molecular complexity index is 583. The van der Waals surface area contributed by atoms with Crippen LogP contribution in [0.15, 0.2) is 24.3 Å². The first-order chi connectivity index (χ1) is 9.47. The maximum atomic E-state index is 11.9. The Balaban J connectivity index is 2.14. The molecule has 0 saturated carbocycles. The molecule has 0 unspecified atom stereocenters. The molecule has 1 aromatic carbocycles. The summed E-state index contributed by atoms with van der Waals surface area (Å²) in [7, 11) is 0. The van der Waals surface area contributed by atoms with Crippen molar-refractivity contribution in [3.05, 3.63) is 29.8 Å². The third kappa shape index (κ3) is 2.91. The molecular formula is C12H11N3O5. The fraction of sp³-hybridized carbons (Fsp3) is 0.167. The van der Waals surface area contributed by atoms with Gasteiger partial charge < -0.3 is 15.3 Å². The van der Waals surface area contributed by atoms with Crippen LogP contribution in [0.1, 0.15) is 10.4 Å². The molecular weight excluding hydrogens is 266 g/mol. The number of piperazine rings is 1. The molecule has 8 heteroatoms. The second-order valence-electron chi connectivity index (χ2n) is 4.11. The molecule has 0 radical (unpaired) electrons. The van der Waals surface area contributed by atoms with Gasteiger partial charge in [-0.25, -0.2) is 9.59 Å². The van der Waals surface area contributed by atoms with Gasteiger partial charge in [0.05, 0.1) is 11.3 Å². The van der Waals surface area contributed by atoms with Crippen LogP contribution in [-0.4, -0.2) is 46.9 Å². The van der Waals surface area contributed by atoms with E-state index in [1.807, 2.05) is 0 Å². The third-order valence-corrected chi connectivity index (χ3v) is 2.63. The van der Waals surface area contributed by atoms with E-state index >= 15 is 0 Å². The average molecular weight is 277 g/mol. The number of nitrogens with zero attached hydrogens (tertiary/aromatic N) is 1. The number of hydrogen-bond donors (Lipinski definition) is 3. The van der Waals surface area contributed by atoms with E-state index in [1.165, 1.54) is 18.2 Å². The highest BCUT2D eigenvalue weighted by molar-refractivity contribution is 6.05. The number of anilines is 1. The third-order valence-electron chi connectivity index (χ3n) is 2.63. The summed E-state index contributed by atoms with van der Waals surface area (Å²) in [5, 5.41) is 13.4. The molecule has 2 rings (SSSR count). The van der Waals surface area contributed by atoms with Gasteiger partial charge in [-0.3, -0.25) is 14.9 Å². The Morgan fingerprint density at radius 2 is 1.75 bits per heavy atom. The average Bonchev–Trinajstić information content (AvgIpc) is 2.37. The highest BCUT2D eigenvalue weighted by Gasteiger charge is 2.26. The number of carbonyl (C=O) groups is 4. The number of amides is 4. The van der Waals surface area contributed by atoms with Crippen LogP contribution in [0.4, 0.5) is 10.5 Å². The smallest absolute Gasteiger partial charge is 0.337 e. The Morgan fingerprint density at radius 1 is 1.15 bits per heavy atom. The number of carboxylic acid groups (broad SMARTS) is 1. The minimum atomic E-state index is -1.19. The highest BCUT2D eigenvalue weighted by atomic mass is 16.4. The molecule has 0 atom stereocenters. The van der Waals surface area contributed by atoms with E-state index < -0.39 is 23.8 Å². The standard InChI is InChI=1S/C12H11N3O5/c16-9-5-15(6-10(17)14-9)12(20)13-8-4-2-1-3-7(8)11(18)19/h1-4H,5-6H2,(H,13,20)(H,18,19)(H,14,16,17). The lowest BCUT2D eigenvalue weighted by atomic mass is 10.2. The Morgan fingerprint density at radius 3 is 2.35 bits per heavy atom. The lowest BCUT2D eigenvalue weighted by molar-refractivity contribution is -0.134. The van der Waals surface area contributed by atoms with Gasteiger partial charge in [0.2, 0.25) is 11.8 Å². The Kier molecular flexibility index (Phi) is 3.65. The summed E-state index contributed by atoms with van der Waals surface area (Å²) >= 11 is 0. The van der Waals surface area contributed by atoms with Crippen molar-refractivity contribution < 1.29 is 24.3 Å². The molecule has 8 nitrogen and oxygen atoms in total. The second-order valence-corrected chi connectivity index (χ2v) is 4.11. The highest BCUT2D eigenvalue weighted by Crippen LogP contribution is 2.15. The summed E-state index contributed by atoms with van der Waals surface area (Å²) < 4.78 is 0. The number of para-hydroxylation sites is 1. The van der Waals surface area contributed by atoms with Crippen LogP contribution in [0, 0.1) is 0 Å². The summed E-state index contributed by atoms with van der Waals surface area (Å²) in [6, 6.07) is 5.15.